The Morgan fingerprint density at radius 2 is 2.05 bits per heavy atom. The Balaban J connectivity index is 2.81. The largest absolute Gasteiger partial charge is 0.430 e. The van der Waals surface area contributed by atoms with Gasteiger partial charge in [-0.3, -0.25) is 4.79 Å². The fourth-order valence-electron chi connectivity index (χ4n) is 1.05. The molecule has 0 atom stereocenters. The first-order valence-corrected chi connectivity index (χ1v) is 5.05. The summed E-state index contributed by atoms with van der Waals surface area (Å²) in [7, 11) is 3.44. The second-order valence-electron chi connectivity index (χ2n) is 3.74. The normalized spacial score (nSPS) is 12.2. The van der Waals surface area contributed by atoms with Crippen LogP contribution in [0.5, 0.6) is 0 Å². The smallest absolute Gasteiger partial charge is 0.395 e. The van der Waals surface area contributed by atoms with Crippen molar-refractivity contribution < 1.29 is 18.0 Å². The second-order valence-corrected chi connectivity index (χ2v) is 3.74. The van der Waals surface area contributed by atoms with E-state index in [-0.39, 0.29) is 11.9 Å². The van der Waals surface area contributed by atoms with Crippen molar-refractivity contribution in [3.8, 4) is 0 Å². The molecule has 0 unspecified atom stereocenters. The average molecular weight is 275 g/mol. The summed E-state index contributed by atoms with van der Waals surface area (Å²) in [5, 5.41) is 2.17. The summed E-state index contributed by atoms with van der Waals surface area (Å²) in [6.07, 6.45) is -3.29. The van der Waals surface area contributed by atoms with E-state index in [9.17, 15) is 18.0 Å². The van der Waals surface area contributed by atoms with E-state index >= 15 is 0 Å². The molecule has 0 aromatic carbocycles. The number of nitrogens with two attached hydrogens (primary N) is 1. The second kappa shape index (κ2) is 5.55. The van der Waals surface area contributed by atoms with Crippen molar-refractivity contribution in [1.29, 1.82) is 0 Å². The molecule has 1 aromatic rings. The molecular formula is C10H12F3N5O. The van der Waals surface area contributed by atoms with Crippen LogP contribution in [0.2, 0.25) is 0 Å². The number of nitrogens with one attached hydrogen (secondary N) is 1. The molecule has 19 heavy (non-hydrogen) atoms. The van der Waals surface area contributed by atoms with Crippen molar-refractivity contribution in [3.05, 3.63) is 24.2 Å². The summed E-state index contributed by atoms with van der Waals surface area (Å²) < 4.78 is 36.3. The predicted molar refractivity (Wildman–Crippen MR) is 63.3 cm³/mol. The van der Waals surface area contributed by atoms with Crippen LogP contribution in [0.3, 0.4) is 0 Å². The van der Waals surface area contributed by atoms with Crippen molar-refractivity contribution in [2.45, 2.75) is 6.18 Å². The minimum Gasteiger partial charge on any atom is -0.395 e. The van der Waals surface area contributed by atoms with Gasteiger partial charge in [0.1, 0.15) is 23.7 Å². The van der Waals surface area contributed by atoms with E-state index in [2.05, 4.69) is 15.3 Å². The first-order chi connectivity index (χ1) is 8.70. The van der Waals surface area contributed by atoms with Crippen molar-refractivity contribution in [2.24, 2.45) is 5.73 Å². The molecule has 3 N–H and O–H groups in total. The number of rotatable bonds is 3. The van der Waals surface area contributed by atoms with Gasteiger partial charge in [-0.25, -0.2) is 9.97 Å². The number of hydrogen-bond donors (Lipinski definition) is 2. The molecular weight excluding hydrogens is 263 g/mol. The number of aromatic nitrogens is 2. The summed E-state index contributed by atoms with van der Waals surface area (Å²) >= 11 is 0. The van der Waals surface area contributed by atoms with Gasteiger partial charge >= 0.3 is 6.18 Å². The zero-order valence-electron chi connectivity index (χ0n) is 10.2. The van der Waals surface area contributed by atoms with Crippen molar-refractivity contribution in [2.75, 3.05) is 24.3 Å². The molecule has 6 nitrogen and oxygen atoms in total. The molecule has 0 fully saturated rings. The van der Waals surface area contributed by atoms with Gasteiger partial charge in [0.2, 0.25) is 0 Å². The highest BCUT2D eigenvalue weighted by atomic mass is 19.4. The molecule has 0 saturated heterocycles. The van der Waals surface area contributed by atoms with Crippen LogP contribution in [0, 0.1) is 0 Å². The Bertz CT molecular complexity index is 498. The summed E-state index contributed by atoms with van der Waals surface area (Å²) in [6, 6.07) is 1.41. The van der Waals surface area contributed by atoms with Gasteiger partial charge in [-0.2, -0.15) is 13.2 Å². The van der Waals surface area contributed by atoms with E-state index in [1.54, 1.807) is 19.0 Å². The molecule has 1 rings (SSSR count). The summed E-state index contributed by atoms with van der Waals surface area (Å²) in [4.78, 5) is 20.6. The summed E-state index contributed by atoms with van der Waals surface area (Å²) in [5.41, 5.74) is 3.24. The Kier molecular flexibility index (Phi) is 4.30. The number of carbonyl (C=O) groups excluding carboxylic acids is 1. The first-order valence-electron chi connectivity index (χ1n) is 5.05. The van der Waals surface area contributed by atoms with Crippen LogP contribution in [0.1, 0.15) is 0 Å². The van der Waals surface area contributed by atoms with Crippen molar-refractivity contribution in [3.63, 3.8) is 0 Å². The topological polar surface area (TPSA) is 84.1 Å². The highest BCUT2D eigenvalue weighted by Gasteiger charge is 2.32. The lowest BCUT2D eigenvalue weighted by molar-refractivity contribution is -0.113. The highest BCUT2D eigenvalue weighted by molar-refractivity contribution is 5.99. The third-order valence-electron chi connectivity index (χ3n) is 1.98. The number of anilines is 2. The maximum absolute atomic E-state index is 12.1. The van der Waals surface area contributed by atoms with Gasteiger partial charge in [-0.1, -0.05) is 0 Å². The molecule has 0 aliphatic carbocycles. The molecule has 1 heterocycles. The summed E-state index contributed by atoms with van der Waals surface area (Å²) in [6.45, 7) is 0. The van der Waals surface area contributed by atoms with Crippen molar-refractivity contribution >= 4 is 17.5 Å². The molecule has 1 aromatic heterocycles. The number of halogens is 3. The number of amides is 1. The SMILES string of the molecule is CN(C)c1cc(NC(=O)C=C(N)C(F)(F)F)ncn1. The van der Waals surface area contributed by atoms with E-state index in [4.69, 9.17) is 5.73 Å². The fraction of sp³-hybridized carbons (Fsp3) is 0.300. The maximum Gasteiger partial charge on any atom is 0.430 e. The molecule has 9 heteroatoms. The monoisotopic (exact) mass is 275 g/mol. The van der Waals surface area contributed by atoms with Gasteiger partial charge in [0.15, 0.2) is 0 Å². The van der Waals surface area contributed by atoms with E-state index in [0.29, 0.717) is 5.82 Å². The van der Waals surface area contributed by atoms with E-state index in [0.717, 1.165) is 0 Å². The van der Waals surface area contributed by atoms with Crippen LogP contribution in [-0.2, 0) is 4.79 Å². The quantitative estimate of drug-likeness (QED) is 0.800. The fourth-order valence-corrected chi connectivity index (χ4v) is 1.05. The Hall–Kier alpha value is -2.32. The minimum absolute atomic E-state index is 0.0786. The van der Waals surface area contributed by atoms with Gasteiger partial charge in [0.05, 0.1) is 0 Å². The molecule has 0 saturated carbocycles. The van der Waals surface area contributed by atoms with Crippen LogP contribution in [0.25, 0.3) is 0 Å². The Morgan fingerprint density at radius 3 is 2.58 bits per heavy atom. The predicted octanol–water partition coefficient (Wildman–Crippen LogP) is 0.886. The van der Waals surface area contributed by atoms with Gasteiger partial charge < -0.3 is 16.0 Å². The van der Waals surface area contributed by atoms with Crippen molar-refractivity contribution in [1.82, 2.24) is 9.97 Å². The number of nitrogens with zero attached hydrogens (tertiary/aromatic N) is 3. The third-order valence-corrected chi connectivity index (χ3v) is 1.98. The third kappa shape index (κ3) is 4.45. The Morgan fingerprint density at radius 1 is 1.42 bits per heavy atom. The number of hydrogen-bond acceptors (Lipinski definition) is 5. The molecule has 104 valence electrons. The summed E-state index contributed by atoms with van der Waals surface area (Å²) in [5.74, 6) is -0.439. The molecule has 1 amide bonds. The van der Waals surface area contributed by atoms with Gasteiger partial charge in [0, 0.05) is 26.2 Å². The van der Waals surface area contributed by atoms with Crippen LogP contribution >= 0.6 is 0 Å². The number of carbonyl (C=O) groups is 1. The lowest BCUT2D eigenvalue weighted by Crippen LogP contribution is -2.22. The zero-order valence-corrected chi connectivity index (χ0v) is 10.2. The van der Waals surface area contributed by atoms with Gasteiger partial charge in [-0.15, -0.1) is 0 Å². The molecule has 0 aliphatic rings. The standard InChI is InChI=1S/C10H12F3N5O/c1-18(2)8-4-7(15-5-16-8)17-9(19)3-6(14)10(11,12)13/h3-5H,14H2,1-2H3,(H,15,16,17,19). The molecule has 0 spiro atoms. The number of alkyl halides is 3. The average Bonchev–Trinajstić information content (AvgIpc) is 2.27. The first kappa shape index (κ1) is 14.7. The van der Waals surface area contributed by atoms with Crippen LogP contribution in [0.15, 0.2) is 24.2 Å². The molecule has 0 aliphatic heterocycles. The molecule has 0 radical (unpaired) electrons. The molecule has 0 bridgehead atoms. The van der Waals surface area contributed by atoms with E-state index < -0.39 is 17.8 Å². The zero-order chi connectivity index (χ0) is 14.6. The Labute approximate surface area is 107 Å². The van der Waals surface area contributed by atoms with E-state index in [1.807, 2.05) is 0 Å². The minimum atomic E-state index is -4.74. The lowest BCUT2D eigenvalue weighted by atomic mass is 10.3. The van der Waals surface area contributed by atoms with Gasteiger partial charge in [0.25, 0.3) is 5.91 Å². The maximum atomic E-state index is 12.1. The van der Waals surface area contributed by atoms with Gasteiger partial charge in [-0.05, 0) is 0 Å². The van der Waals surface area contributed by atoms with Crippen LogP contribution in [-0.4, -0.2) is 36.1 Å². The van der Waals surface area contributed by atoms with E-state index in [1.165, 1.54) is 12.4 Å². The van der Waals surface area contributed by atoms with Crippen LogP contribution in [0.4, 0.5) is 24.8 Å². The lowest BCUT2D eigenvalue weighted by Gasteiger charge is -2.11. The highest BCUT2D eigenvalue weighted by Crippen LogP contribution is 2.21. The number of allylic oxidation sites excluding steroid dienone is 1. The van der Waals surface area contributed by atoms with Crippen LogP contribution < -0.4 is 16.0 Å².